The molecule has 158 valence electrons. The van der Waals surface area contributed by atoms with Crippen molar-refractivity contribution in [1.29, 1.82) is 0 Å². The average molecular weight is 432 g/mol. The van der Waals surface area contributed by atoms with Gasteiger partial charge in [0.05, 0.1) is 12.2 Å². The van der Waals surface area contributed by atoms with E-state index >= 15 is 0 Å². The second-order valence-corrected chi connectivity index (χ2v) is 8.53. The molecule has 0 bridgehead atoms. The first-order valence-corrected chi connectivity index (χ1v) is 10.1. The Morgan fingerprint density at radius 3 is 2.55 bits per heavy atom. The van der Waals surface area contributed by atoms with Gasteiger partial charge in [-0.05, 0) is 37.1 Å². The van der Waals surface area contributed by atoms with Crippen molar-refractivity contribution in [3.63, 3.8) is 0 Å². The second kappa shape index (κ2) is 8.03. The van der Waals surface area contributed by atoms with Crippen molar-refractivity contribution >= 4 is 21.6 Å². The number of rotatable bonds is 5. The molecule has 1 N–H and O–H groups in total. The highest BCUT2D eigenvalue weighted by Gasteiger charge is 2.34. The molecule has 2 aromatic rings. The van der Waals surface area contributed by atoms with Crippen LogP contribution in [-0.2, 0) is 21.9 Å². The summed E-state index contributed by atoms with van der Waals surface area (Å²) >= 11 is 0. The van der Waals surface area contributed by atoms with Gasteiger partial charge in [-0.25, -0.2) is 13.4 Å². The summed E-state index contributed by atoms with van der Waals surface area (Å²) in [4.78, 5) is 16.4. The molecule has 1 aromatic heterocycles. The SMILES string of the molecule is Cn1cnc(S(=O)(=O)N2CCC[C@H](C(=O)Nc3ccc(OC(F)(F)F)cc3)C2)c1. The maximum atomic E-state index is 12.7. The van der Waals surface area contributed by atoms with E-state index in [-0.39, 0.29) is 23.8 Å². The van der Waals surface area contributed by atoms with Gasteiger partial charge in [-0.3, -0.25) is 4.79 Å². The molecule has 1 aliphatic heterocycles. The van der Waals surface area contributed by atoms with E-state index in [1.165, 1.54) is 33.5 Å². The molecular formula is C17H19F3N4O4S. The number of anilines is 1. The van der Waals surface area contributed by atoms with E-state index in [0.717, 1.165) is 12.1 Å². The van der Waals surface area contributed by atoms with Gasteiger partial charge in [0.15, 0.2) is 5.03 Å². The van der Waals surface area contributed by atoms with Crippen LogP contribution in [0.4, 0.5) is 18.9 Å². The first-order valence-electron chi connectivity index (χ1n) is 8.69. The van der Waals surface area contributed by atoms with Crippen molar-refractivity contribution in [2.75, 3.05) is 18.4 Å². The molecule has 1 aliphatic rings. The number of nitrogens with one attached hydrogen (secondary N) is 1. The highest BCUT2D eigenvalue weighted by atomic mass is 32.2. The normalized spacial score (nSPS) is 18.4. The minimum absolute atomic E-state index is 0.00000928. The molecule has 0 radical (unpaired) electrons. The summed E-state index contributed by atoms with van der Waals surface area (Å²) in [5.41, 5.74) is 0.286. The van der Waals surface area contributed by atoms with E-state index in [1.54, 1.807) is 7.05 Å². The third kappa shape index (κ3) is 5.26. The van der Waals surface area contributed by atoms with Gasteiger partial charge in [0, 0.05) is 32.0 Å². The molecule has 0 aliphatic carbocycles. The van der Waals surface area contributed by atoms with E-state index < -0.39 is 34.0 Å². The lowest BCUT2D eigenvalue weighted by molar-refractivity contribution is -0.274. The molecule has 29 heavy (non-hydrogen) atoms. The van der Waals surface area contributed by atoms with Crippen molar-refractivity contribution in [3.05, 3.63) is 36.8 Å². The zero-order valence-corrected chi connectivity index (χ0v) is 16.2. The summed E-state index contributed by atoms with van der Waals surface area (Å²) in [6.07, 6.45) is -1.02. The van der Waals surface area contributed by atoms with E-state index in [0.29, 0.717) is 12.8 Å². The van der Waals surface area contributed by atoms with Crippen LogP contribution in [0.15, 0.2) is 41.8 Å². The lowest BCUT2D eigenvalue weighted by atomic mass is 9.99. The number of sulfonamides is 1. The van der Waals surface area contributed by atoms with Gasteiger partial charge < -0.3 is 14.6 Å². The number of aryl methyl sites for hydroxylation is 1. The average Bonchev–Trinajstić information content (AvgIpc) is 3.09. The maximum absolute atomic E-state index is 12.7. The van der Waals surface area contributed by atoms with E-state index in [2.05, 4.69) is 15.0 Å². The number of piperidine rings is 1. The van der Waals surface area contributed by atoms with Crippen molar-refractivity contribution in [3.8, 4) is 5.75 Å². The summed E-state index contributed by atoms with van der Waals surface area (Å²) in [5, 5.41) is 2.52. The van der Waals surface area contributed by atoms with Crippen molar-refractivity contribution in [2.24, 2.45) is 13.0 Å². The van der Waals surface area contributed by atoms with Crippen LogP contribution in [0.1, 0.15) is 12.8 Å². The third-order valence-electron chi connectivity index (χ3n) is 4.40. The molecule has 3 rings (SSSR count). The molecule has 12 heteroatoms. The number of ether oxygens (including phenoxy) is 1. The molecule has 2 heterocycles. The zero-order chi connectivity index (χ0) is 21.2. The zero-order valence-electron chi connectivity index (χ0n) is 15.4. The number of hydrogen-bond acceptors (Lipinski definition) is 5. The van der Waals surface area contributed by atoms with E-state index in [4.69, 9.17) is 0 Å². The number of carbonyl (C=O) groups excluding carboxylic acids is 1. The van der Waals surface area contributed by atoms with Crippen LogP contribution >= 0.6 is 0 Å². The predicted molar refractivity (Wildman–Crippen MR) is 96.4 cm³/mol. The monoisotopic (exact) mass is 432 g/mol. The number of imidazole rings is 1. The van der Waals surface area contributed by atoms with Gasteiger partial charge >= 0.3 is 6.36 Å². The van der Waals surface area contributed by atoms with Gasteiger partial charge in [-0.1, -0.05) is 0 Å². The van der Waals surface area contributed by atoms with Gasteiger partial charge in [0.1, 0.15) is 5.75 Å². The first-order chi connectivity index (χ1) is 13.5. The maximum Gasteiger partial charge on any atom is 0.573 e. The Labute approximate surface area is 165 Å². The molecule has 1 aromatic carbocycles. The fraction of sp³-hybridized carbons (Fsp3) is 0.412. The molecule has 0 saturated carbocycles. The number of benzene rings is 1. The standard InChI is InChI=1S/C17H19F3N4O4S/c1-23-10-15(21-11-23)29(26,27)24-8-2-3-12(9-24)16(25)22-13-4-6-14(7-5-13)28-17(18,19)20/h4-7,10-12H,2-3,8-9H2,1H3,(H,22,25)/t12-/m0/s1. The lowest BCUT2D eigenvalue weighted by Crippen LogP contribution is -2.43. The summed E-state index contributed by atoms with van der Waals surface area (Å²) < 4.78 is 68.5. The molecule has 1 atom stereocenters. The largest absolute Gasteiger partial charge is 0.573 e. The Hall–Kier alpha value is -2.60. The quantitative estimate of drug-likeness (QED) is 0.783. The van der Waals surface area contributed by atoms with Crippen LogP contribution in [0.5, 0.6) is 5.75 Å². The Morgan fingerprint density at radius 1 is 1.28 bits per heavy atom. The van der Waals surface area contributed by atoms with Gasteiger partial charge in [-0.2, -0.15) is 4.31 Å². The number of alkyl halides is 3. The molecular weight excluding hydrogens is 413 g/mol. The van der Waals surface area contributed by atoms with Crippen LogP contribution in [0.2, 0.25) is 0 Å². The fourth-order valence-electron chi connectivity index (χ4n) is 3.01. The molecule has 0 unspecified atom stereocenters. The van der Waals surface area contributed by atoms with Crippen molar-refractivity contribution < 1.29 is 31.1 Å². The van der Waals surface area contributed by atoms with Crippen LogP contribution in [-0.4, -0.2) is 47.6 Å². The highest BCUT2D eigenvalue weighted by Crippen LogP contribution is 2.26. The Kier molecular flexibility index (Phi) is 5.85. The minimum atomic E-state index is -4.80. The summed E-state index contributed by atoms with van der Waals surface area (Å²) in [7, 11) is -2.15. The Balaban J connectivity index is 1.64. The van der Waals surface area contributed by atoms with Crippen LogP contribution in [0.25, 0.3) is 0 Å². The van der Waals surface area contributed by atoms with E-state index in [1.807, 2.05) is 0 Å². The molecule has 0 spiro atoms. The molecule has 1 amide bonds. The summed E-state index contributed by atoms with van der Waals surface area (Å²) in [5.74, 6) is -1.40. The Morgan fingerprint density at radius 2 is 1.97 bits per heavy atom. The topological polar surface area (TPSA) is 93.5 Å². The number of carbonyl (C=O) groups is 1. The first kappa shape index (κ1) is 21.1. The number of amides is 1. The van der Waals surface area contributed by atoms with E-state index in [9.17, 15) is 26.4 Å². The number of halogens is 3. The number of nitrogens with zero attached hydrogens (tertiary/aromatic N) is 3. The smallest absolute Gasteiger partial charge is 0.406 e. The highest BCUT2D eigenvalue weighted by molar-refractivity contribution is 7.89. The predicted octanol–water partition coefficient (Wildman–Crippen LogP) is 2.36. The fourth-order valence-corrected chi connectivity index (χ4v) is 4.50. The summed E-state index contributed by atoms with van der Waals surface area (Å²) in [6, 6.07) is 4.73. The molecule has 8 nitrogen and oxygen atoms in total. The van der Waals surface area contributed by atoms with Gasteiger partial charge in [0.2, 0.25) is 5.91 Å². The van der Waals surface area contributed by atoms with Gasteiger partial charge in [-0.15, -0.1) is 13.2 Å². The number of hydrogen-bond donors (Lipinski definition) is 1. The molecule has 1 saturated heterocycles. The van der Waals surface area contributed by atoms with Crippen LogP contribution in [0, 0.1) is 5.92 Å². The Bertz CT molecular complexity index is 973. The third-order valence-corrected chi connectivity index (χ3v) is 6.15. The lowest BCUT2D eigenvalue weighted by Gasteiger charge is -2.30. The van der Waals surface area contributed by atoms with Crippen molar-refractivity contribution in [2.45, 2.75) is 24.2 Å². The van der Waals surface area contributed by atoms with Crippen molar-refractivity contribution in [1.82, 2.24) is 13.9 Å². The van der Waals surface area contributed by atoms with Gasteiger partial charge in [0.25, 0.3) is 10.0 Å². The minimum Gasteiger partial charge on any atom is -0.406 e. The number of aromatic nitrogens is 2. The van der Waals surface area contributed by atoms with Crippen LogP contribution < -0.4 is 10.1 Å². The van der Waals surface area contributed by atoms with Crippen LogP contribution in [0.3, 0.4) is 0 Å². The molecule has 1 fully saturated rings. The summed E-state index contributed by atoms with van der Waals surface area (Å²) in [6.45, 7) is 0.284. The second-order valence-electron chi connectivity index (χ2n) is 6.64.